The van der Waals surface area contributed by atoms with Crippen LogP contribution in [0.5, 0.6) is 0 Å². The van der Waals surface area contributed by atoms with Gasteiger partial charge in [0, 0.05) is 18.7 Å². The summed E-state index contributed by atoms with van der Waals surface area (Å²) in [4.78, 5) is 0. The van der Waals surface area contributed by atoms with Crippen LogP contribution in [0, 0.1) is 11.6 Å². The van der Waals surface area contributed by atoms with Gasteiger partial charge < -0.3 is 10.5 Å². The summed E-state index contributed by atoms with van der Waals surface area (Å²) in [5.74, 6) is -1.08. The Morgan fingerprint density at radius 1 is 1.41 bits per heavy atom. The van der Waals surface area contributed by atoms with E-state index in [9.17, 15) is 8.78 Å². The molecule has 0 aliphatic carbocycles. The van der Waals surface area contributed by atoms with Gasteiger partial charge in [-0.25, -0.2) is 8.78 Å². The third kappa shape index (κ3) is 3.48. The molecule has 94 valence electrons. The van der Waals surface area contributed by atoms with Gasteiger partial charge in [-0.2, -0.15) is 0 Å². The van der Waals surface area contributed by atoms with Gasteiger partial charge in [-0.05, 0) is 37.3 Å². The van der Waals surface area contributed by atoms with Crippen molar-refractivity contribution in [2.75, 3.05) is 6.61 Å². The molecule has 17 heavy (non-hydrogen) atoms. The summed E-state index contributed by atoms with van der Waals surface area (Å²) >= 11 is 0. The van der Waals surface area contributed by atoms with Crippen molar-refractivity contribution in [3.8, 4) is 0 Å². The number of halogens is 2. The fraction of sp³-hybridized carbons (Fsp3) is 0.538. The molecule has 0 saturated carbocycles. The van der Waals surface area contributed by atoms with Gasteiger partial charge in [-0.3, -0.25) is 0 Å². The molecule has 4 heteroatoms. The zero-order valence-electron chi connectivity index (χ0n) is 9.66. The van der Waals surface area contributed by atoms with Gasteiger partial charge in [0.05, 0.1) is 6.10 Å². The molecule has 0 bridgehead atoms. The summed E-state index contributed by atoms with van der Waals surface area (Å²) in [6.07, 6.45) is 3.46. The summed E-state index contributed by atoms with van der Waals surface area (Å²) < 4.78 is 31.6. The molecule has 1 heterocycles. The molecule has 2 rings (SSSR count). The Kier molecular flexibility index (Phi) is 4.07. The largest absolute Gasteiger partial charge is 0.378 e. The van der Waals surface area contributed by atoms with E-state index < -0.39 is 11.6 Å². The Morgan fingerprint density at radius 2 is 2.24 bits per heavy atom. The highest BCUT2D eigenvalue weighted by molar-refractivity contribution is 5.19. The maximum Gasteiger partial charge on any atom is 0.129 e. The fourth-order valence-electron chi connectivity index (χ4n) is 2.22. The average Bonchev–Trinajstić information content (AvgIpc) is 2.75. The Bertz CT molecular complexity index is 378. The van der Waals surface area contributed by atoms with E-state index in [1.54, 1.807) is 0 Å². The highest BCUT2D eigenvalue weighted by Gasteiger charge is 2.19. The van der Waals surface area contributed by atoms with Crippen molar-refractivity contribution in [1.29, 1.82) is 0 Å². The molecule has 0 aromatic heterocycles. The first-order valence-electron chi connectivity index (χ1n) is 5.96. The fourth-order valence-corrected chi connectivity index (χ4v) is 2.22. The standard InChI is InChI=1S/C13H17F2NO/c14-10-4-3-9(13(15)7-10)6-11(16)8-12-2-1-5-17-12/h3-4,7,11-12H,1-2,5-6,8,16H2. The quantitative estimate of drug-likeness (QED) is 0.878. The molecular weight excluding hydrogens is 224 g/mol. The summed E-state index contributed by atoms with van der Waals surface area (Å²) in [5.41, 5.74) is 6.42. The van der Waals surface area contributed by atoms with E-state index in [0.29, 0.717) is 12.0 Å². The smallest absolute Gasteiger partial charge is 0.129 e. The number of rotatable bonds is 4. The van der Waals surface area contributed by atoms with Crippen LogP contribution in [0.25, 0.3) is 0 Å². The van der Waals surface area contributed by atoms with Crippen LogP contribution < -0.4 is 5.73 Å². The lowest BCUT2D eigenvalue weighted by Gasteiger charge is -2.16. The number of hydrogen-bond acceptors (Lipinski definition) is 2. The third-order valence-corrected chi connectivity index (χ3v) is 3.09. The van der Waals surface area contributed by atoms with E-state index in [0.717, 1.165) is 31.9 Å². The van der Waals surface area contributed by atoms with Gasteiger partial charge in [-0.15, -0.1) is 0 Å². The van der Waals surface area contributed by atoms with Crippen LogP contribution in [0.2, 0.25) is 0 Å². The lowest BCUT2D eigenvalue weighted by molar-refractivity contribution is 0.0982. The zero-order chi connectivity index (χ0) is 12.3. The summed E-state index contributed by atoms with van der Waals surface area (Å²) in [6.45, 7) is 0.794. The second-order valence-corrected chi connectivity index (χ2v) is 4.57. The molecule has 1 saturated heterocycles. The molecule has 0 radical (unpaired) electrons. The van der Waals surface area contributed by atoms with Crippen molar-refractivity contribution in [2.45, 2.75) is 37.8 Å². The monoisotopic (exact) mass is 241 g/mol. The maximum atomic E-state index is 13.4. The molecule has 1 fully saturated rings. The SMILES string of the molecule is NC(Cc1ccc(F)cc1F)CC1CCCO1. The van der Waals surface area contributed by atoms with Crippen molar-refractivity contribution in [1.82, 2.24) is 0 Å². The lowest BCUT2D eigenvalue weighted by Crippen LogP contribution is -2.28. The van der Waals surface area contributed by atoms with Gasteiger partial charge >= 0.3 is 0 Å². The third-order valence-electron chi connectivity index (χ3n) is 3.09. The molecule has 0 amide bonds. The molecule has 2 N–H and O–H groups in total. The molecule has 1 aliphatic rings. The van der Waals surface area contributed by atoms with Crippen molar-refractivity contribution in [3.05, 3.63) is 35.4 Å². The van der Waals surface area contributed by atoms with Gasteiger partial charge in [0.2, 0.25) is 0 Å². The van der Waals surface area contributed by atoms with Crippen LogP contribution in [0.15, 0.2) is 18.2 Å². The molecular formula is C13H17F2NO. The Balaban J connectivity index is 1.90. The number of benzene rings is 1. The van der Waals surface area contributed by atoms with E-state index >= 15 is 0 Å². The second-order valence-electron chi connectivity index (χ2n) is 4.57. The summed E-state index contributed by atoms with van der Waals surface area (Å²) in [6, 6.07) is 3.48. The van der Waals surface area contributed by atoms with Crippen molar-refractivity contribution in [3.63, 3.8) is 0 Å². The van der Waals surface area contributed by atoms with Gasteiger partial charge in [0.1, 0.15) is 11.6 Å². The molecule has 1 aromatic carbocycles. The number of ether oxygens (including phenoxy) is 1. The van der Waals surface area contributed by atoms with E-state index in [-0.39, 0.29) is 12.1 Å². The van der Waals surface area contributed by atoms with Crippen LogP contribution in [-0.4, -0.2) is 18.8 Å². The van der Waals surface area contributed by atoms with Crippen LogP contribution in [0.3, 0.4) is 0 Å². The van der Waals surface area contributed by atoms with Crippen LogP contribution in [0.4, 0.5) is 8.78 Å². The average molecular weight is 241 g/mol. The van der Waals surface area contributed by atoms with E-state index in [1.165, 1.54) is 12.1 Å². The summed E-state index contributed by atoms with van der Waals surface area (Å²) in [7, 11) is 0. The van der Waals surface area contributed by atoms with Gasteiger partial charge in [-0.1, -0.05) is 6.07 Å². The summed E-state index contributed by atoms with van der Waals surface area (Å²) in [5, 5.41) is 0. The zero-order valence-corrected chi connectivity index (χ0v) is 9.66. The first-order chi connectivity index (χ1) is 8.15. The van der Waals surface area contributed by atoms with Crippen molar-refractivity contribution >= 4 is 0 Å². The molecule has 1 aliphatic heterocycles. The minimum absolute atomic E-state index is 0.141. The Morgan fingerprint density at radius 3 is 2.88 bits per heavy atom. The number of nitrogens with two attached hydrogens (primary N) is 1. The minimum Gasteiger partial charge on any atom is -0.378 e. The maximum absolute atomic E-state index is 13.4. The Labute approximate surface area is 99.8 Å². The highest BCUT2D eigenvalue weighted by Crippen LogP contribution is 2.19. The van der Waals surface area contributed by atoms with Crippen molar-refractivity contribution < 1.29 is 13.5 Å². The highest BCUT2D eigenvalue weighted by atomic mass is 19.1. The molecule has 2 unspecified atom stereocenters. The first-order valence-corrected chi connectivity index (χ1v) is 5.96. The molecule has 1 aromatic rings. The predicted octanol–water partition coefficient (Wildman–Crippen LogP) is 2.40. The van der Waals surface area contributed by atoms with Gasteiger partial charge in [0.15, 0.2) is 0 Å². The van der Waals surface area contributed by atoms with Crippen LogP contribution >= 0.6 is 0 Å². The normalized spacial score (nSPS) is 21.7. The van der Waals surface area contributed by atoms with Gasteiger partial charge in [0.25, 0.3) is 0 Å². The van der Waals surface area contributed by atoms with E-state index in [4.69, 9.17) is 10.5 Å². The predicted molar refractivity (Wildman–Crippen MR) is 61.6 cm³/mol. The van der Waals surface area contributed by atoms with Crippen LogP contribution in [-0.2, 0) is 11.2 Å². The molecule has 0 spiro atoms. The minimum atomic E-state index is -0.557. The topological polar surface area (TPSA) is 35.2 Å². The Hall–Kier alpha value is -1.00. The van der Waals surface area contributed by atoms with E-state index in [2.05, 4.69) is 0 Å². The molecule has 2 atom stereocenters. The number of hydrogen-bond donors (Lipinski definition) is 1. The van der Waals surface area contributed by atoms with Crippen molar-refractivity contribution in [2.24, 2.45) is 5.73 Å². The second kappa shape index (κ2) is 5.56. The first kappa shape index (κ1) is 12.5. The lowest BCUT2D eigenvalue weighted by atomic mass is 10.00. The van der Waals surface area contributed by atoms with Crippen LogP contribution in [0.1, 0.15) is 24.8 Å². The molecule has 2 nitrogen and oxygen atoms in total. The van der Waals surface area contributed by atoms with E-state index in [1.807, 2.05) is 0 Å².